The van der Waals surface area contributed by atoms with Gasteiger partial charge in [-0.25, -0.2) is 0 Å². The average Bonchev–Trinajstić information content (AvgIpc) is 2.14. The van der Waals surface area contributed by atoms with Crippen LogP contribution in [0.25, 0.3) is 0 Å². The van der Waals surface area contributed by atoms with Gasteiger partial charge in [-0.15, -0.1) is 0 Å². The van der Waals surface area contributed by atoms with Crippen molar-refractivity contribution in [2.75, 3.05) is 0 Å². The van der Waals surface area contributed by atoms with Crippen LogP contribution in [0.2, 0.25) is 5.32 Å². The Hall–Kier alpha value is -0.0105. The molecule has 1 aliphatic heterocycles. The molecule has 0 radical (unpaired) electrons. The second kappa shape index (κ2) is 2.51. The van der Waals surface area contributed by atoms with Gasteiger partial charge in [-0.05, 0) is 0 Å². The Morgan fingerprint density at radius 3 is 3.00 bits per heavy atom. The molecular weight excluding hydrogens is 169 g/mol. The first-order valence-electron chi connectivity index (χ1n) is 2.76. The quantitative estimate of drug-likeness (QED) is 0.585. The second-order valence-electron chi connectivity index (χ2n) is 1.85. The standard InChI is InChI=1S/C5H9NOSe/c1-2-4-3-8-5(7)6-4/h4H,2-3H2,1H3,(H,6,7). The van der Waals surface area contributed by atoms with Gasteiger partial charge >= 0.3 is 54.6 Å². The molecule has 1 aliphatic rings. The SMILES string of the molecule is CCC1C[Se]C(=O)N1. The van der Waals surface area contributed by atoms with Crippen molar-refractivity contribution in [3.05, 3.63) is 0 Å². The number of carbonyl (C=O) groups excluding carboxylic acids is 1. The molecule has 1 fully saturated rings. The molecule has 0 aliphatic carbocycles. The number of amides is 1. The van der Waals surface area contributed by atoms with Gasteiger partial charge in [0.2, 0.25) is 0 Å². The Morgan fingerprint density at radius 1 is 2.00 bits per heavy atom. The summed E-state index contributed by atoms with van der Waals surface area (Å²) in [6.07, 6.45) is 1.09. The van der Waals surface area contributed by atoms with Crippen LogP contribution in [-0.2, 0) is 0 Å². The third kappa shape index (κ3) is 1.23. The van der Waals surface area contributed by atoms with Gasteiger partial charge < -0.3 is 0 Å². The normalized spacial score (nSPS) is 28.1. The molecule has 1 rings (SSSR count). The van der Waals surface area contributed by atoms with Crippen LogP contribution in [0.15, 0.2) is 0 Å². The summed E-state index contributed by atoms with van der Waals surface area (Å²) in [6.45, 7) is 2.10. The van der Waals surface area contributed by atoms with Gasteiger partial charge in [0.15, 0.2) is 0 Å². The molecule has 1 amide bonds. The molecule has 1 N–H and O–H groups in total. The van der Waals surface area contributed by atoms with Crippen LogP contribution >= 0.6 is 0 Å². The van der Waals surface area contributed by atoms with E-state index in [0.717, 1.165) is 11.7 Å². The Bertz CT molecular complexity index is 105. The van der Waals surface area contributed by atoms with Gasteiger partial charge in [0.05, 0.1) is 0 Å². The Labute approximate surface area is 55.2 Å². The minimum atomic E-state index is 0.251. The van der Waals surface area contributed by atoms with Gasteiger partial charge in [0, 0.05) is 0 Å². The Balaban J connectivity index is 2.32. The molecule has 0 bridgehead atoms. The monoisotopic (exact) mass is 179 g/mol. The zero-order chi connectivity index (χ0) is 5.98. The van der Waals surface area contributed by atoms with E-state index in [-0.39, 0.29) is 19.8 Å². The van der Waals surface area contributed by atoms with E-state index in [9.17, 15) is 4.79 Å². The van der Waals surface area contributed by atoms with Crippen LogP contribution in [0, 0.1) is 0 Å². The summed E-state index contributed by atoms with van der Waals surface area (Å²) in [7, 11) is 0. The van der Waals surface area contributed by atoms with Crippen LogP contribution in [0.1, 0.15) is 13.3 Å². The second-order valence-corrected chi connectivity index (χ2v) is 3.93. The summed E-state index contributed by atoms with van der Waals surface area (Å²) >= 11 is 0.251. The van der Waals surface area contributed by atoms with Crippen molar-refractivity contribution in [2.45, 2.75) is 24.7 Å². The average molecular weight is 178 g/mol. The van der Waals surface area contributed by atoms with Gasteiger partial charge in [-0.3, -0.25) is 0 Å². The number of hydrogen-bond donors (Lipinski definition) is 1. The molecule has 0 aromatic carbocycles. The predicted molar refractivity (Wildman–Crippen MR) is 33.2 cm³/mol. The third-order valence-corrected chi connectivity index (χ3v) is 3.22. The molecule has 1 unspecified atom stereocenters. The number of hydrogen-bond acceptors (Lipinski definition) is 1. The van der Waals surface area contributed by atoms with Crippen LogP contribution in [0.4, 0.5) is 4.79 Å². The van der Waals surface area contributed by atoms with E-state index in [0.29, 0.717) is 6.04 Å². The fourth-order valence-corrected chi connectivity index (χ4v) is 2.58. The van der Waals surface area contributed by atoms with Crippen LogP contribution in [0.3, 0.4) is 0 Å². The van der Waals surface area contributed by atoms with Gasteiger partial charge in [-0.2, -0.15) is 0 Å². The van der Waals surface area contributed by atoms with E-state index in [1.165, 1.54) is 0 Å². The van der Waals surface area contributed by atoms with Gasteiger partial charge in [-0.1, -0.05) is 0 Å². The summed E-state index contributed by atoms with van der Waals surface area (Å²) < 4.78 is 0. The molecule has 46 valence electrons. The van der Waals surface area contributed by atoms with Crippen molar-refractivity contribution in [3.8, 4) is 0 Å². The Morgan fingerprint density at radius 2 is 2.75 bits per heavy atom. The van der Waals surface area contributed by atoms with Gasteiger partial charge in [0.25, 0.3) is 0 Å². The summed E-state index contributed by atoms with van der Waals surface area (Å²) in [5, 5.41) is 3.99. The zero-order valence-corrected chi connectivity index (χ0v) is 6.52. The molecule has 1 heterocycles. The van der Waals surface area contributed by atoms with Crippen molar-refractivity contribution < 1.29 is 4.79 Å². The Kier molecular flexibility index (Phi) is 1.92. The van der Waals surface area contributed by atoms with Gasteiger partial charge in [0.1, 0.15) is 0 Å². The van der Waals surface area contributed by atoms with Crippen molar-refractivity contribution in [1.29, 1.82) is 0 Å². The van der Waals surface area contributed by atoms with Crippen molar-refractivity contribution in [1.82, 2.24) is 5.32 Å². The molecule has 2 nitrogen and oxygen atoms in total. The molecule has 0 spiro atoms. The van der Waals surface area contributed by atoms with Crippen LogP contribution < -0.4 is 5.32 Å². The zero-order valence-electron chi connectivity index (χ0n) is 4.81. The summed E-state index contributed by atoms with van der Waals surface area (Å²) in [5.41, 5.74) is 0. The van der Waals surface area contributed by atoms with Crippen molar-refractivity contribution in [3.63, 3.8) is 0 Å². The topological polar surface area (TPSA) is 29.1 Å². The van der Waals surface area contributed by atoms with E-state index in [1.54, 1.807) is 0 Å². The molecule has 1 saturated heterocycles. The molecule has 3 heteroatoms. The number of rotatable bonds is 1. The fourth-order valence-electron chi connectivity index (χ4n) is 0.646. The first-order valence-corrected chi connectivity index (χ1v) is 4.83. The maximum absolute atomic E-state index is 10.5. The number of nitrogens with one attached hydrogen (secondary N) is 1. The molecular formula is C5H9NOSe. The molecule has 0 aromatic rings. The predicted octanol–water partition coefficient (Wildman–Crippen LogP) is 0.611. The first kappa shape index (κ1) is 6.11. The van der Waals surface area contributed by atoms with Crippen LogP contribution in [-0.4, -0.2) is 25.8 Å². The molecule has 0 saturated carbocycles. The molecule has 8 heavy (non-hydrogen) atoms. The molecule has 1 atom stereocenters. The van der Waals surface area contributed by atoms with E-state index in [2.05, 4.69) is 12.2 Å². The van der Waals surface area contributed by atoms with Crippen LogP contribution in [0.5, 0.6) is 0 Å². The first-order chi connectivity index (χ1) is 3.83. The van der Waals surface area contributed by atoms with E-state index < -0.39 is 0 Å². The van der Waals surface area contributed by atoms with E-state index >= 15 is 0 Å². The fraction of sp³-hybridized carbons (Fsp3) is 0.800. The van der Waals surface area contributed by atoms with Crippen molar-refractivity contribution in [2.24, 2.45) is 0 Å². The summed E-state index contributed by atoms with van der Waals surface area (Å²) in [5.74, 6) is 0. The summed E-state index contributed by atoms with van der Waals surface area (Å²) in [6, 6.07) is 0.502. The van der Waals surface area contributed by atoms with Crippen molar-refractivity contribution >= 4 is 19.8 Å². The van der Waals surface area contributed by atoms with E-state index in [4.69, 9.17) is 0 Å². The minimum absolute atomic E-state index is 0.251. The third-order valence-electron chi connectivity index (χ3n) is 1.23. The molecule has 0 aromatic heterocycles. The summed E-state index contributed by atoms with van der Waals surface area (Å²) in [4.78, 5) is 10.8. The maximum atomic E-state index is 10.5. The number of carbonyl (C=O) groups is 1. The van der Waals surface area contributed by atoms with E-state index in [1.807, 2.05) is 0 Å².